The summed E-state index contributed by atoms with van der Waals surface area (Å²) in [5.74, 6) is -0.753. The third kappa shape index (κ3) is 2.69. The Kier molecular flexibility index (Phi) is 3.75. The first-order valence-corrected chi connectivity index (χ1v) is 7.10. The number of ether oxygens (including phenoxy) is 1. The van der Waals surface area contributed by atoms with Crippen molar-refractivity contribution in [2.24, 2.45) is 5.41 Å². The predicted molar refractivity (Wildman–Crippen MR) is 80.4 cm³/mol. The van der Waals surface area contributed by atoms with Gasteiger partial charge < -0.3 is 15.2 Å². The molecule has 0 spiro atoms. The molecule has 2 N–H and O–H groups in total. The van der Waals surface area contributed by atoms with E-state index in [1.54, 1.807) is 6.20 Å². The van der Waals surface area contributed by atoms with E-state index in [9.17, 15) is 9.90 Å². The van der Waals surface area contributed by atoms with E-state index in [2.05, 4.69) is 10.3 Å². The molecular weight excluding hydrogens is 268 g/mol. The fraction of sp³-hybridized carbons (Fsp3) is 0.375. The number of carbonyl (C=O) groups is 1. The second-order valence-corrected chi connectivity index (χ2v) is 5.43. The standard InChI is InChI=1S/C16H18N2O3/c19-15(20)16(6-9-21-10-7-16)11-18-14-5-8-17-13-4-2-1-3-12(13)14/h1-5,8H,6-7,9-11H2,(H,17,18)(H,19,20). The Morgan fingerprint density at radius 1 is 1.29 bits per heavy atom. The first kappa shape index (κ1) is 13.8. The molecule has 1 fully saturated rings. The first-order valence-electron chi connectivity index (χ1n) is 7.10. The molecule has 110 valence electrons. The lowest BCUT2D eigenvalue weighted by atomic mass is 9.80. The zero-order valence-electron chi connectivity index (χ0n) is 11.7. The smallest absolute Gasteiger partial charge is 0.311 e. The minimum atomic E-state index is -0.753. The van der Waals surface area contributed by atoms with E-state index >= 15 is 0 Å². The van der Waals surface area contributed by atoms with Crippen LogP contribution in [-0.2, 0) is 9.53 Å². The van der Waals surface area contributed by atoms with Crippen LogP contribution in [-0.4, -0.2) is 35.8 Å². The predicted octanol–water partition coefficient (Wildman–Crippen LogP) is 2.53. The molecule has 0 amide bonds. The van der Waals surface area contributed by atoms with Gasteiger partial charge in [0.05, 0.1) is 10.9 Å². The summed E-state index contributed by atoms with van der Waals surface area (Å²) in [5, 5.41) is 13.9. The minimum Gasteiger partial charge on any atom is -0.481 e. The van der Waals surface area contributed by atoms with Crippen molar-refractivity contribution < 1.29 is 14.6 Å². The monoisotopic (exact) mass is 286 g/mol. The lowest BCUT2D eigenvalue weighted by Gasteiger charge is -2.33. The molecule has 0 radical (unpaired) electrons. The van der Waals surface area contributed by atoms with Crippen molar-refractivity contribution in [2.45, 2.75) is 12.8 Å². The van der Waals surface area contributed by atoms with Crippen LogP contribution in [0.25, 0.3) is 10.9 Å². The van der Waals surface area contributed by atoms with Gasteiger partial charge in [-0.05, 0) is 25.0 Å². The van der Waals surface area contributed by atoms with E-state index in [1.807, 2.05) is 30.3 Å². The lowest BCUT2D eigenvalue weighted by molar-refractivity contribution is -0.153. The molecule has 2 aromatic rings. The molecule has 21 heavy (non-hydrogen) atoms. The molecule has 1 aromatic heterocycles. The number of hydrogen-bond acceptors (Lipinski definition) is 4. The summed E-state index contributed by atoms with van der Waals surface area (Å²) in [4.78, 5) is 16.0. The van der Waals surface area contributed by atoms with E-state index in [0.29, 0.717) is 32.6 Å². The number of nitrogens with zero attached hydrogens (tertiary/aromatic N) is 1. The fourth-order valence-corrected chi connectivity index (χ4v) is 2.74. The van der Waals surface area contributed by atoms with Crippen LogP contribution in [0.4, 0.5) is 5.69 Å². The highest BCUT2D eigenvalue weighted by Gasteiger charge is 2.40. The normalized spacial score (nSPS) is 17.5. The van der Waals surface area contributed by atoms with E-state index < -0.39 is 11.4 Å². The van der Waals surface area contributed by atoms with Crippen molar-refractivity contribution in [3.05, 3.63) is 36.5 Å². The molecule has 0 saturated carbocycles. The Balaban J connectivity index is 1.83. The summed E-state index contributed by atoms with van der Waals surface area (Å²) in [6.45, 7) is 1.41. The molecule has 0 unspecified atom stereocenters. The van der Waals surface area contributed by atoms with Gasteiger partial charge in [-0.2, -0.15) is 0 Å². The van der Waals surface area contributed by atoms with Gasteiger partial charge in [0.15, 0.2) is 0 Å². The van der Waals surface area contributed by atoms with Crippen molar-refractivity contribution in [1.82, 2.24) is 4.98 Å². The highest BCUT2D eigenvalue weighted by molar-refractivity contribution is 5.91. The zero-order chi connectivity index (χ0) is 14.7. The van der Waals surface area contributed by atoms with Crippen LogP contribution >= 0.6 is 0 Å². The van der Waals surface area contributed by atoms with Crippen molar-refractivity contribution in [3.63, 3.8) is 0 Å². The van der Waals surface area contributed by atoms with Gasteiger partial charge in [0, 0.05) is 37.0 Å². The zero-order valence-corrected chi connectivity index (χ0v) is 11.7. The molecule has 5 heteroatoms. The van der Waals surface area contributed by atoms with Crippen molar-refractivity contribution in [1.29, 1.82) is 0 Å². The Hall–Kier alpha value is -2.14. The fourth-order valence-electron chi connectivity index (χ4n) is 2.74. The molecular formula is C16H18N2O3. The summed E-state index contributed by atoms with van der Waals surface area (Å²) in [5.41, 5.74) is 1.08. The third-order valence-corrected chi connectivity index (χ3v) is 4.17. The molecule has 2 heterocycles. The molecule has 1 aliphatic rings. The van der Waals surface area contributed by atoms with E-state index in [4.69, 9.17) is 4.74 Å². The summed E-state index contributed by atoms with van der Waals surface area (Å²) < 4.78 is 5.30. The minimum absolute atomic E-state index is 0.402. The topological polar surface area (TPSA) is 71.5 Å². The van der Waals surface area contributed by atoms with Gasteiger partial charge in [-0.15, -0.1) is 0 Å². The molecule has 0 bridgehead atoms. The highest BCUT2D eigenvalue weighted by atomic mass is 16.5. The van der Waals surface area contributed by atoms with Crippen molar-refractivity contribution in [3.8, 4) is 0 Å². The number of aliphatic carboxylic acids is 1. The number of nitrogens with one attached hydrogen (secondary N) is 1. The number of carboxylic acids is 1. The molecule has 0 aliphatic carbocycles. The van der Waals surface area contributed by atoms with E-state index in [-0.39, 0.29) is 0 Å². The van der Waals surface area contributed by atoms with Crippen LogP contribution in [0.2, 0.25) is 0 Å². The van der Waals surface area contributed by atoms with Crippen LogP contribution in [0.3, 0.4) is 0 Å². The van der Waals surface area contributed by atoms with Crippen LogP contribution in [0.15, 0.2) is 36.5 Å². The van der Waals surface area contributed by atoms with Crippen molar-refractivity contribution in [2.75, 3.05) is 25.1 Å². The maximum absolute atomic E-state index is 11.7. The first-order chi connectivity index (χ1) is 10.2. The van der Waals surface area contributed by atoms with Gasteiger partial charge in [-0.25, -0.2) is 0 Å². The summed E-state index contributed by atoms with van der Waals surface area (Å²) in [6, 6.07) is 9.72. The van der Waals surface area contributed by atoms with Gasteiger partial charge in [-0.3, -0.25) is 9.78 Å². The summed E-state index contributed by atoms with van der Waals surface area (Å²) >= 11 is 0. The number of fused-ring (bicyclic) bond motifs is 1. The van der Waals surface area contributed by atoms with E-state index in [0.717, 1.165) is 16.6 Å². The SMILES string of the molecule is O=C(O)C1(CNc2ccnc3ccccc23)CCOCC1. The van der Waals surface area contributed by atoms with Gasteiger partial charge in [0.25, 0.3) is 0 Å². The Labute approximate surface area is 123 Å². The number of pyridine rings is 1. The summed E-state index contributed by atoms with van der Waals surface area (Å²) in [7, 11) is 0. The van der Waals surface area contributed by atoms with Crippen LogP contribution in [0.1, 0.15) is 12.8 Å². The molecule has 5 nitrogen and oxygen atoms in total. The number of carboxylic acid groups (broad SMARTS) is 1. The van der Waals surface area contributed by atoms with Crippen LogP contribution < -0.4 is 5.32 Å². The molecule has 1 aromatic carbocycles. The van der Waals surface area contributed by atoms with Crippen molar-refractivity contribution >= 4 is 22.6 Å². The van der Waals surface area contributed by atoms with Gasteiger partial charge >= 0.3 is 5.97 Å². The number of hydrogen-bond donors (Lipinski definition) is 2. The molecule has 0 atom stereocenters. The second-order valence-electron chi connectivity index (χ2n) is 5.43. The molecule has 3 rings (SSSR count). The number of benzene rings is 1. The van der Waals surface area contributed by atoms with Crippen LogP contribution in [0, 0.1) is 5.41 Å². The Bertz CT molecular complexity index is 646. The van der Waals surface area contributed by atoms with Gasteiger partial charge in [0.1, 0.15) is 0 Å². The third-order valence-electron chi connectivity index (χ3n) is 4.17. The number of para-hydroxylation sites is 1. The Morgan fingerprint density at radius 2 is 2.05 bits per heavy atom. The van der Waals surface area contributed by atoms with Crippen LogP contribution in [0.5, 0.6) is 0 Å². The second kappa shape index (κ2) is 5.69. The highest BCUT2D eigenvalue weighted by Crippen LogP contribution is 2.32. The number of aromatic nitrogens is 1. The molecule has 1 aliphatic heterocycles. The average molecular weight is 286 g/mol. The maximum atomic E-state index is 11.7. The van der Waals surface area contributed by atoms with Gasteiger partial charge in [-0.1, -0.05) is 18.2 Å². The van der Waals surface area contributed by atoms with Gasteiger partial charge in [0.2, 0.25) is 0 Å². The number of rotatable bonds is 4. The maximum Gasteiger partial charge on any atom is 0.311 e. The number of anilines is 1. The summed E-state index contributed by atoms with van der Waals surface area (Å²) in [6.07, 6.45) is 2.82. The van der Waals surface area contributed by atoms with E-state index in [1.165, 1.54) is 0 Å². The molecule has 1 saturated heterocycles. The quantitative estimate of drug-likeness (QED) is 0.903. The largest absolute Gasteiger partial charge is 0.481 e. The lowest BCUT2D eigenvalue weighted by Crippen LogP contribution is -2.42. The Morgan fingerprint density at radius 3 is 2.81 bits per heavy atom. The average Bonchev–Trinajstić information content (AvgIpc) is 2.53.